The molecule has 0 radical (unpaired) electrons. The largest absolute Gasteiger partial charge is 0.361 e. The van der Waals surface area contributed by atoms with Gasteiger partial charge in [0.1, 0.15) is 0 Å². The van der Waals surface area contributed by atoms with Crippen molar-refractivity contribution in [2.45, 2.75) is 39.0 Å². The minimum absolute atomic E-state index is 0.435. The Balaban J connectivity index is 1.45. The zero-order chi connectivity index (χ0) is 20.4. The summed E-state index contributed by atoms with van der Waals surface area (Å²) in [4.78, 5) is 20.0. The molecule has 6 nitrogen and oxygen atoms in total. The first-order valence-corrected chi connectivity index (χ1v) is 10.1. The molecule has 3 aromatic rings. The molecule has 2 unspecified atom stereocenters. The average molecular weight is 393 g/mol. The number of benzene rings is 2. The molecule has 6 heteroatoms. The summed E-state index contributed by atoms with van der Waals surface area (Å²) in [6, 6.07) is 17.1. The molecular formula is C23H28N4O2. The maximum Gasteiger partial charge on any atom is 0.274 e. The SMILES string of the molecule is CC1CN(Cc2c[nH]c3cc(C(=O)NO)ccc23)CC(C)N1Cc1ccccc1. The fourth-order valence-corrected chi connectivity index (χ4v) is 4.46. The Labute approximate surface area is 171 Å². The van der Waals surface area contributed by atoms with Gasteiger partial charge in [-0.1, -0.05) is 36.4 Å². The molecule has 4 rings (SSSR count). The van der Waals surface area contributed by atoms with E-state index in [1.807, 2.05) is 12.3 Å². The highest BCUT2D eigenvalue weighted by atomic mass is 16.5. The highest BCUT2D eigenvalue weighted by molar-refractivity contribution is 5.97. The van der Waals surface area contributed by atoms with Crippen LogP contribution in [0.3, 0.4) is 0 Å². The lowest BCUT2D eigenvalue weighted by atomic mass is 10.0. The number of hydroxylamine groups is 1. The van der Waals surface area contributed by atoms with Gasteiger partial charge in [-0.3, -0.25) is 19.8 Å². The zero-order valence-corrected chi connectivity index (χ0v) is 16.9. The quantitative estimate of drug-likeness (QED) is 0.460. The first-order valence-electron chi connectivity index (χ1n) is 10.1. The van der Waals surface area contributed by atoms with Gasteiger partial charge in [-0.2, -0.15) is 0 Å². The molecule has 2 aromatic carbocycles. The van der Waals surface area contributed by atoms with E-state index in [0.29, 0.717) is 17.6 Å². The number of rotatable bonds is 5. The molecule has 0 bridgehead atoms. The molecule has 1 aliphatic rings. The summed E-state index contributed by atoms with van der Waals surface area (Å²) in [6.07, 6.45) is 2.02. The summed E-state index contributed by atoms with van der Waals surface area (Å²) in [5.41, 5.74) is 5.62. The zero-order valence-electron chi connectivity index (χ0n) is 16.9. The van der Waals surface area contributed by atoms with E-state index in [1.54, 1.807) is 17.6 Å². The van der Waals surface area contributed by atoms with Crippen LogP contribution in [0.2, 0.25) is 0 Å². The normalized spacial score (nSPS) is 20.8. The van der Waals surface area contributed by atoms with Crippen LogP contribution < -0.4 is 5.48 Å². The van der Waals surface area contributed by atoms with Crippen molar-refractivity contribution in [2.75, 3.05) is 13.1 Å². The molecule has 1 saturated heterocycles. The van der Waals surface area contributed by atoms with Crippen molar-refractivity contribution in [3.63, 3.8) is 0 Å². The number of nitrogens with one attached hydrogen (secondary N) is 2. The summed E-state index contributed by atoms with van der Waals surface area (Å²) in [6.45, 7) is 8.52. The number of aromatic amines is 1. The molecule has 1 aromatic heterocycles. The lowest BCUT2D eigenvalue weighted by Gasteiger charge is -2.44. The number of hydrogen-bond donors (Lipinski definition) is 3. The van der Waals surface area contributed by atoms with Crippen molar-refractivity contribution in [3.05, 3.63) is 71.4 Å². The summed E-state index contributed by atoms with van der Waals surface area (Å²) in [5.74, 6) is -0.500. The van der Waals surface area contributed by atoms with Crippen LogP contribution in [0.5, 0.6) is 0 Å². The average Bonchev–Trinajstić information content (AvgIpc) is 3.13. The minimum Gasteiger partial charge on any atom is -0.361 e. The monoisotopic (exact) mass is 392 g/mol. The Kier molecular flexibility index (Phi) is 5.67. The van der Waals surface area contributed by atoms with Crippen molar-refractivity contribution in [3.8, 4) is 0 Å². The van der Waals surface area contributed by atoms with Gasteiger partial charge >= 0.3 is 0 Å². The van der Waals surface area contributed by atoms with Crippen LogP contribution >= 0.6 is 0 Å². The summed E-state index contributed by atoms with van der Waals surface area (Å²) < 4.78 is 0. The van der Waals surface area contributed by atoms with Gasteiger partial charge in [-0.15, -0.1) is 0 Å². The van der Waals surface area contributed by atoms with E-state index in [4.69, 9.17) is 5.21 Å². The lowest BCUT2D eigenvalue weighted by molar-refractivity contribution is 0.0292. The molecule has 29 heavy (non-hydrogen) atoms. The van der Waals surface area contributed by atoms with Crippen LogP contribution in [0.1, 0.15) is 35.3 Å². The van der Waals surface area contributed by atoms with Crippen LogP contribution in [0.4, 0.5) is 0 Å². The molecule has 2 atom stereocenters. The van der Waals surface area contributed by atoms with E-state index in [2.05, 4.69) is 59.0 Å². The smallest absolute Gasteiger partial charge is 0.274 e. The van der Waals surface area contributed by atoms with Crippen LogP contribution in [-0.4, -0.2) is 51.1 Å². The Morgan fingerprint density at radius 3 is 2.52 bits per heavy atom. The number of carbonyl (C=O) groups excluding carboxylic acids is 1. The van der Waals surface area contributed by atoms with Gasteiger partial charge in [0.15, 0.2) is 0 Å². The van der Waals surface area contributed by atoms with E-state index < -0.39 is 5.91 Å². The van der Waals surface area contributed by atoms with Crippen molar-refractivity contribution in [1.29, 1.82) is 0 Å². The third-order valence-corrected chi connectivity index (χ3v) is 5.91. The number of aromatic nitrogens is 1. The molecule has 0 saturated carbocycles. The Morgan fingerprint density at radius 1 is 1.10 bits per heavy atom. The standard InChI is InChI=1S/C23H28N4O2/c1-16-12-26(13-17(2)27(16)14-18-6-4-3-5-7-18)15-20-11-24-22-10-19(23(28)25-29)8-9-21(20)22/h3-11,16-17,24,29H,12-15H2,1-2H3,(H,25,28). The van der Waals surface area contributed by atoms with Gasteiger partial charge in [0.05, 0.1) is 0 Å². The Hall–Kier alpha value is -2.67. The first kappa shape index (κ1) is 19.6. The van der Waals surface area contributed by atoms with E-state index >= 15 is 0 Å². The molecule has 0 aliphatic carbocycles. The Morgan fingerprint density at radius 2 is 1.83 bits per heavy atom. The van der Waals surface area contributed by atoms with Gasteiger partial charge < -0.3 is 4.98 Å². The fraction of sp³-hybridized carbons (Fsp3) is 0.348. The summed E-state index contributed by atoms with van der Waals surface area (Å²) in [5, 5.41) is 9.94. The van der Waals surface area contributed by atoms with E-state index in [1.165, 1.54) is 11.1 Å². The number of carbonyl (C=O) groups is 1. The predicted molar refractivity (Wildman–Crippen MR) is 114 cm³/mol. The van der Waals surface area contributed by atoms with Crippen molar-refractivity contribution in [2.24, 2.45) is 0 Å². The number of H-pyrrole nitrogens is 1. The first-order chi connectivity index (χ1) is 14.0. The highest BCUT2D eigenvalue weighted by Crippen LogP contribution is 2.24. The number of nitrogens with zero attached hydrogens (tertiary/aromatic N) is 2. The molecule has 1 fully saturated rings. The van der Waals surface area contributed by atoms with Crippen molar-refractivity contribution in [1.82, 2.24) is 20.3 Å². The molecule has 2 heterocycles. The molecule has 3 N–H and O–H groups in total. The van der Waals surface area contributed by atoms with E-state index in [-0.39, 0.29) is 0 Å². The molecule has 152 valence electrons. The number of fused-ring (bicyclic) bond motifs is 1. The highest BCUT2D eigenvalue weighted by Gasteiger charge is 2.29. The van der Waals surface area contributed by atoms with Crippen LogP contribution in [0.15, 0.2) is 54.7 Å². The maximum absolute atomic E-state index is 11.6. The minimum atomic E-state index is -0.500. The number of hydrogen-bond acceptors (Lipinski definition) is 4. The summed E-state index contributed by atoms with van der Waals surface area (Å²) >= 11 is 0. The van der Waals surface area contributed by atoms with E-state index in [9.17, 15) is 4.79 Å². The van der Waals surface area contributed by atoms with Crippen LogP contribution in [-0.2, 0) is 13.1 Å². The third kappa shape index (κ3) is 4.19. The number of amides is 1. The van der Waals surface area contributed by atoms with Gasteiger partial charge in [0.2, 0.25) is 0 Å². The second-order valence-electron chi connectivity index (χ2n) is 8.07. The molecule has 1 aliphatic heterocycles. The maximum atomic E-state index is 11.6. The second-order valence-corrected chi connectivity index (χ2v) is 8.07. The van der Waals surface area contributed by atoms with Crippen LogP contribution in [0, 0.1) is 0 Å². The van der Waals surface area contributed by atoms with Gasteiger partial charge in [-0.25, -0.2) is 5.48 Å². The predicted octanol–water partition coefficient (Wildman–Crippen LogP) is 3.38. The van der Waals surface area contributed by atoms with Gasteiger partial charge in [0.25, 0.3) is 5.91 Å². The van der Waals surface area contributed by atoms with Gasteiger partial charge in [0, 0.05) is 60.9 Å². The second kappa shape index (κ2) is 8.37. The van der Waals surface area contributed by atoms with Gasteiger partial charge in [-0.05, 0) is 37.1 Å². The molecular weight excluding hydrogens is 364 g/mol. The Bertz CT molecular complexity index is 973. The topological polar surface area (TPSA) is 71.6 Å². The third-order valence-electron chi connectivity index (χ3n) is 5.91. The fourth-order valence-electron chi connectivity index (χ4n) is 4.46. The van der Waals surface area contributed by atoms with E-state index in [0.717, 1.165) is 37.1 Å². The van der Waals surface area contributed by atoms with Crippen molar-refractivity contribution < 1.29 is 10.0 Å². The lowest BCUT2D eigenvalue weighted by Crippen LogP contribution is -2.55. The molecule has 1 amide bonds. The molecule has 0 spiro atoms. The number of piperazine rings is 1. The van der Waals surface area contributed by atoms with Crippen molar-refractivity contribution >= 4 is 16.8 Å². The summed E-state index contributed by atoms with van der Waals surface area (Å²) in [7, 11) is 0. The van der Waals surface area contributed by atoms with Crippen LogP contribution in [0.25, 0.3) is 10.9 Å².